The zero-order valence-corrected chi connectivity index (χ0v) is 20.4. The molecule has 0 unspecified atom stereocenters. The fraction of sp³-hybridized carbons (Fsp3) is 0.214. The van der Waals surface area contributed by atoms with Crippen molar-refractivity contribution in [3.05, 3.63) is 96.1 Å². The summed E-state index contributed by atoms with van der Waals surface area (Å²) in [6, 6.07) is 25.6. The van der Waals surface area contributed by atoms with E-state index in [0.29, 0.717) is 18.0 Å². The maximum absolute atomic E-state index is 12.5. The zero-order chi connectivity index (χ0) is 24.4. The number of fused-ring (bicyclic) bond motifs is 1. The van der Waals surface area contributed by atoms with E-state index in [9.17, 15) is 13.5 Å². The number of aromatic hydroxyl groups is 1. The third kappa shape index (κ3) is 5.11. The van der Waals surface area contributed by atoms with E-state index < -0.39 is 10.1 Å². The average molecular weight is 489 g/mol. The monoisotopic (exact) mass is 488 g/mol. The molecule has 0 radical (unpaired) electrons. The van der Waals surface area contributed by atoms with E-state index in [1.165, 1.54) is 0 Å². The first kappa shape index (κ1) is 23.2. The second-order valence-electron chi connectivity index (χ2n) is 8.89. The molecule has 0 atom stereocenters. The van der Waals surface area contributed by atoms with E-state index >= 15 is 0 Å². The standard InChI is InChI=1S/C28H28N2O4S/c1-21-6-13-25(14-7-21)35(32,33)34-24-11-9-23(10-12-24)30-18-16-29(17-19-30)20-27-26-5-3-2-4-22(26)8-15-28(27)31/h2-15,31H,16-20H2,1H3. The molecule has 1 heterocycles. The Bertz CT molecular complexity index is 1430. The van der Waals surface area contributed by atoms with Crippen molar-refractivity contribution in [1.29, 1.82) is 0 Å². The summed E-state index contributed by atoms with van der Waals surface area (Å²) in [5, 5.41) is 12.7. The molecule has 0 saturated carbocycles. The van der Waals surface area contributed by atoms with Crippen molar-refractivity contribution >= 4 is 26.6 Å². The number of piperazine rings is 1. The molecule has 0 amide bonds. The Labute approximate surface area is 206 Å². The summed E-state index contributed by atoms with van der Waals surface area (Å²) in [5.41, 5.74) is 2.98. The third-order valence-electron chi connectivity index (χ3n) is 6.49. The molecule has 180 valence electrons. The molecule has 5 rings (SSSR count). The molecule has 1 saturated heterocycles. The Morgan fingerprint density at radius 3 is 2.23 bits per heavy atom. The predicted molar refractivity (Wildman–Crippen MR) is 139 cm³/mol. The quantitative estimate of drug-likeness (QED) is 0.388. The summed E-state index contributed by atoms with van der Waals surface area (Å²) in [6.07, 6.45) is 0. The maximum Gasteiger partial charge on any atom is 0.339 e. The summed E-state index contributed by atoms with van der Waals surface area (Å²) >= 11 is 0. The van der Waals surface area contributed by atoms with E-state index in [-0.39, 0.29) is 4.90 Å². The lowest BCUT2D eigenvalue weighted by Gasteiger charge is -2.36. The molecule has 0 bridgehead atoms. The molecule has 1 N–H and O–H groups in total. The van der Waals surface area contributed by atoms with E-state index in [1.54, 1.807) is 42.5 Å². The number of phenols is 1. The Hall–Kier alpha value is -3.55. The van der Waals surface area contributed by atoms with Crippen molar-refractivity contribution in [1.82, 2.24) is 4.90 Å². The highest BCUT2D eigenvalue weighted by Crippen LogP contribution is 2.29. The van der Waals surface area contributed by atoms with Crippen LogP contribution in [0.4, 0.5) is 5.69 Å². The van der Waals surface area contributed by atoms with Gasteiger partial charge >= 0.3 is 10.1 Å². The average Bonchev–Trinajstić information content (AvgIpc) is 2.87. The van der Waals surface area contributed by atoms with Gasteiger partial charge in [0, 0.05) is 44.0 Å². The van der Waals surface area contributed by atoms with Gasteiger partial charge < -0.3 is 14.2 Å². The second kappa shape index (κ2) is 9.60. The van der Waals surface area contributed by atoms with Crippen LogP contribution < -0.4 is 9.08 Å². The smallest absolute Gasteiger partial charge is 0.339 e. The van der Waals surface area contributed by atoms with Crippen molar-refractivity contribution in [2.45, 2.75) is 18.4 Å². The lowest BCUT2D eigenvalue weighted by molar-refractivity contribution is 0.247. The van der Waals surface area contributed by atoms with Crippen LogP contribution in [0, 0.1) is 6.92 Å². The second-order valence-corrected chi connectivity index (χ2v) is 10.4. The van der Waals surface area contributed by atoms with E-state index in [2.05, 4.69) is 21.9 Å². The number of hydrogen-bond donors (Lipinski definition) is 1. The van der Waals surface area contributed by atoms with E-state index in [0.717, 1.165) is 53.8 Å². The minimum absolute atomic E-state index is 0.139. The van der Waals surface area contributed by atoms with Gasteiger partial charge in [0.2, 0.25) is 0 Å². The third-order valence-corrected chi connectivity index (χ3v) is 7.75. The highest BCUT2D eigenvalue weighted by atomic mass is 32.2. The van der Waals surface area contributed by atoms with Gasteiger partial charge in [-0.15, -0.1) is 0 Å². The summed E-state index contributed by atoms with van der Waals surface area (Å²) in [6.45, 7) is 6.01. The first-order valence-electron chi connectivity index (χ1n) is 11.7. The number of phenolic OH excluding ortho intramolecular Hbond substituents is 1. The summed E-state index contributed by atoms with van der Waals surface area (Å²) < 4.78 is 30.4. The summed E-state index contributed by atoms with van der Waals surface area (Å²) in [7, 11) is -3.86. The lowest BCUT2D eigenvalue weighted by Crippen LogP contribution is -2.46. The van der Waals surface area contributed by atoms with Gasteiger partial charge in [-0.25, -0.2) is 0 Å². The fourth-order valence-corrected chi connectivity index (χ4v) is 5.40. The molecular formula is C28H28N2O4S. The normalized spacial score (nSPS) is 14.8. The Morgan fingerprint density at radius 1 is 0.829 bits per heavy atom. The van der Waals surface area contributed by atoms with Crippen molar-refractivity contribution < 1.29 is 17.7 Å². The minimum atomic E-state index is -3.86. The van der Waals surface area contributed by atoms with Gasteiger partial charge in [-0.3, -0.25) is 4.90 Å². The largest absolute Gasteiger partial charge is 0.508 e. The topological polar surface area (TPSA) is 70.1 Å². The molecule has 1 aliphatic heterocycles. The highest BCUT2D eigenvalue weighted by Gasteiger charge is 2.20. The van der Waals surface area contributed by atoms with Crippen LogP contribution in [0.3, 0.4) is 0 Å². The van der Waals surface area contributed by atoms with Gasteiger partial charge in [0.15, 0.2) is 0 Å². The minimum Gasteiger partial charge on any atom is -0.508 e. The first-order chi connectivity index (χ1) is 16.9. The van der Waals surface area contributed by atoms with Gasteiger partial charge in [-0.2, -0.15) is 8.42 Å². The van der Waals surface area contributed by atoms with Crippen LogP contribution in [0.1, 0.15) is 11.1 Å². The molecule has 1 fully saturated rings. The van der Waals surface area contributed by atoms with Crippen LogP contribution in [0.15, 0.2) is 89.8 Å². The number of nitrogens with zero attached hydrogens (tertiary/aromatic N) is 2. The van der Waals surface area contributed by atoms with Crippen LogP contribution in [0.2, 0.25) is 0 Å². The molecule has 4 aromatic carbocycles. The Kier molecular flexibility index (Phi) is 6.36. The Balaban J connectivity index is 1.21. The highest BCUT2D eigenvalue weighted by molar-refractivity contribution is 7.87. The molecule has 6 nitrogen and oxygen atoms in total. The maximum atomic E-state index is 12.5. The molecule has 0 aromatic heterocycles. The van der Waals surface area contributed by atoms with Gasteiger partial charge in [0.25, 0.3) is 0 Å². The molecule has 35 heavy (non-hydrogen) atoms. The fourth-order valence-electron chi connectivity index (χ4n) is 4.47. The van der Waals surface area contributed by atoms with Crippen LogP contribution >= 0.6 is 0 Å². The predicted octanol–water partition coefficient (Wildman–Crippen LogP) is 4.94. The van der Waals surface area contributed by atoms with Crippen molar-refractivity contribution in [2.24, 2.45) is 0 Å². The summed E-state index contributed by atoms with van der Waals surface area (Å²) in [5.74, 6) is 0.627. The molecule has 1 aliphatic rings. The van der Waals surface area contributed by atoms with Crippen LogP contribution in [0.25, 0.3) is 10.8 Å². The van der Waals surface area contributed by atoms with Crippen molar-refractivity contribution in [2.75, 3.05) is 31.1 Å². The van der Waals surface area contributed by atoms with Crippen molar-refractivity contribution in [3.8, 4) is 11.5 Å². The van der Waals surface area contributed by atoms with Gasteiger partial charge in [0.05, 0.1) is 0 Å². The van der Waals surface area contributed by atoms with E-state index in [4.69, 9.17) is 4.18 Å². The van der Waals surface area contributed by atoms with Gasteiger partial charge in [-0.1, -0.05) is 48.0 Å². The molecule has 4 aromatic rings. The number of hydrogen-bond acceptors (Lipinski definition) is 6. The number of aryl methyl sites for hydroxylation is 1. The SMILES string of the molecule is Cc1ccc(S(=O)(=O)Oc2ccc(N3CCN(Cc4c(O)ccc5ccccc45)CC3)cc2)cc1. The number of anilines is 1. The van der Waals surface area contributed by atoms with Gasteiger partial charge in [0.1, 0.15) is 16.4 Å². The van der Waals surface area contributed by atoms with Crippen molar-refractivity contribution in [3.63, 3.8) is 0 Å². The molecule has 0 aliphatic carbocycles. The first-order valence-corrected chi connectivity index (χ1v) is 13.1. The number of rotatable bonds is 6. The Morgan fingerprint density at radius 2 is 1.51 bits per heavy atom. The molecular weight excluding hydrogens is 460 g/mol. The van der Waals surface area contributed by atoms with Crippen LogP contribution in [-0.4, -0.2) is 44.6 Å². The molecule has 7 heteroatoms. The van der Waals surface area contributed by atoms with Gasteiger partial charge in [-0.05, 0) is 60.2 Å². The number of benzene rings is 4. The molecule has 0 spiro atoms. The van der Waals surface area contributed by atoms with Crippen LogP contribution in [-0.2, 0) is 16.7 Å². The van der Waals surface area contributed by atoms with Crippen LogP contribution in [0.5, 0.6) is 11.5 Å². The summed E-state index contributed by atoms with van der Waals surface area (Å²) in [4.78, 5) is 4.77. The zero-order valence-electron chi connectivity index (χ0n) is 19.6. The van der Waals surface area contributed by atoms with E-state index in [1.807, 2.05) is 37.3 Å². The lowest BCUT2D eigenvalue weighted by atomic mass is 10.0.